The van der Waals surface area contributed by atoms with Crippen LogP contribution in [-0.4, -0.2) is 91.6 Å². The van der Waals surface area contributed by atoms with E-state index in [4.69, 9.17) is 0 Å². The summed E-state index contributed by atoms with van der Waals surface area (Å²) in [5, 5.41) is 0. The minimum absolute atomic E-state index is 0. The normalized spacial score (nSPS) is 0. The molecule has 10 heteroatoms. The van der Waals surface area contributed by atoms with Gasteiger partial charge in [-0.3, -0.25) is 0 Å². The second kappa shape index (κ2) is 542. The Morgan fingerprint density at radius 2 is 0.200 bits per heavy atom. The molecule has 64 valence electrons. The zero-order chi connectivity index (χ0) is 0. The molecule has 0 amide bonds. The van der Waals surface area contributed by atoms with Gasteiger partial charge in [0.1, 0.15) is 0 Å². The molecule has 0 aliphatic rings. The Morgan fingerprint density at radius 3 is 0.200 bits per heavy atom. The van der Waals surface area contributed by atoms with Gasteiger partial charge in [-0.2, -0.15) is 0 Å². The number of rotatable bonds is 0. The molecule has 8 N–H and O–H groups in total. The molecule has 0 rings (SSSR count). The first-order valence-corrected chi connectivity index (χ1v) is 0. The van der Waals surface area contributed by atoms with Crippen LogP contribution in [0.1, 0.15) is 0 Å². The van der Waals surface area contributed by atoms with Gasteiger partial charge in [0.2, 0.25) is 0 Å². The molecule has 8 nitrogen and oxygen atoms in total. The zero-order valence-corrected chi connectivity index (χ0v) is 10.3. The van der Waals surface area contributed by atoms with Crippen molar-refractivity contribution in [3.63, 3.8) is 0 Å². The van der Waals surface area contributed by atoms with Crippen molar-refractivity contribution in [1.82, 2.24) is 0 Å². The fourth-order valence-corrected chi connectivity index (χ4v) is 0. The van der Waals surface area contributed by atoms with Crippen molar-refractivity contribution in [3.05, 3.63) is 0 Å². The summed E-state index contributed by atoms with van der Waals surface area (Å²) in [6.45, 7) is 0. The monoisotopic (exact) mass is 376 g/mol. The van der Waals surface area contributed by atoms with Crippen LogP contribution in [0.4, 0.5) is 0 Å². The fourth-order valence-electron chi connectivity index (χ4n) is 0. The van der Waals surface area contributed by atoms with Crippen LogP contribution in [0.3, 0.4) is 0 Å². The molecule has 0 fully saturated rings. The van der Waals surface area contributed by atoms with Gasteiger partial charge in [0.15, 0.2) is 0 Å². The quantitative estimate of drug-likeness (QED) is 0.421. The van der Waals surface area contributed by atoms with Gasteiger partial charge in [-0.15, -0.1) is 0 Å². The topological polar surface area (TPSA) is 240 Å². The van der Waals surface area contributed by atoms with Crippen molar-refractivity contribution in [1.29, 1.82) is 0 Å². The van der Waals surface area contributed by atoms with Crippen molar-refractivity contribution in [2.75, 3.05) is 0 Å². The van der Waals surface area contributed by atoms with Gasteiger partial charge in [-0.25, -0.2) is 0 Å². The van der Waals surface area contributed by atoms with Gasteiger partial charge >= 0.3 is 47.8 Å². The van der Waals surface area contributed by atoms with Gasteiger partial charge in [0.05, 0.1) is 0 Å². The maximum Gasteiger partial charge on any atom is 4.00 e. The summed E-state index contributed by atoms with van der Waals surface area (Å²) in [6.07, 6.45) is 0. The molecule has 0 aromatic carbocycles. The zero-order valence-electron chi connectivity index (χ0n) is 4.58. The molecule has 0 atom stereocenters. The predicted molar refractivity (Wildman–Crippen MR) is 27.0 cm³/mol. The first-order chi connectivity index (χ1) is 0. The number of hydrogen-bond acceptors (Lipinski definition) is 8. The second-order valence-electron chi connectivity index (χ2n) is 0. The van der Waals surface area contributed by atoms with Crippen molar-refractivity contribution in [2.45, 2.75) is 0 Å². The van der Waals surface area contributed by atoms with E-state index in [-0.39, 0.29) is 91.6 Å². The van der Waals surface area contributed by atoms with Crippen LogP contribution in [0.5, 0.6) is 0 Å². The van der Waals surface area contributed by atoms with Gasteiger partial charge in [-0.05, 0) is 0 Å². The van der Waals surface area contributed by atoms with Crippen LogP contribution in [-0.2, 0) is 0 Å². The molecule has 0 saturated carbocycles. The van der Waals surface area contributed by atoms with E-state index in [9.17, 15) is 0 Å². The summed E-state index contributed by atoms with van der Waals surface area (Å²) in [4.78, 5) is 0. The first kappa shape index (κ1) is 730. The SMILES string of the molecule is [OH-].[OH-].[OH-].[OH-].[OH-].[OH-].[OH-].[OH-].[Sn+4].[Sn+4]. The Balaban J connectivity index is 0. The van der Waals surface area contributed by atoms with E-state index in [1.54, 1.807) is 0 Å². The predicted octanol–water partition coefficient (Wildman–Crippen LogP) is -2.18. The van der Waals surface area contributed by atoms with Crippen molar-refractivity contribution in [2.24, 2.45) is 0 Å². The van der Waals surface area contributed by atoms with E-state index in [0.717, 1.165) is 0 Å². The molecule has 0 aromatic rings. The molecule has 0 aliphatic heterocycles. The van der Waals surface area contributed by atoms with E-state index >= 15 is 0 Å². The van der Waals surface area contributed by atoms with Crippen LogP contribution in [0, 0.1) is 0 Å². The average Bonchev–Trinajstić information content (AvgIpc) is 0. The van der Waals surface area contributed by atoms with Crippen LogP contribution < -0.4 is 0 Å². The third-order valence-electron chi connectivity index (χ3n) is 0. The van der Waals surface area contributed by atoms with E-state index in [1.807, 2.05) is 0 Å². The molecular formula is H8O8Sn2. The van der Waals surface area contributed by atoms with E-state index in [2.05, 4.69) is 0 Å². The molecule has 10 heavy (non-hydrogen) atoms. The molecule has 0 unspecified atom stereocenters. The first-order valence-electron chi connectivity index (χ1n) is 0. The largest absolute Gasteiger partial charge is 4.00 e. The smallest absolute Gasteiger partial charge is 0.870 e. The Hall–Kier alpha value is 1.28. The molecule has 0 aliphatic carbocycles. The second-order valence-corrected chi connectivity index (χ2v) is 0. The molecule has 0 aromatic heterocycles. The minimum atomic E-state index is 0. The molecule has 0 spiro atoms. The summed E-state index contributed by atoms with van der Waals surface area (Å²) < 4.78 is 0. The molecule has 0 heterocycles. The minimum Gasteiger partial charge on any atom is -0.870 e. The van der Waals surface area contributed by atoms with Gasteiger partial charge in [-0.1, -0.05) is 0 Å². The summed E-state index contributed by atoms with van der Waals surface area (Å²) in [5.41, 5.74) is 0. The Morgan fingerprint density at radius 1 is 0.200 bits per heavy atom. The summed E-state index contributed by atoms with van der Waals surface area (Å²) in [7, 11) is 0. The standard InChI is InChI=1S/8H2O.2Sn/h8*1H2;;/q;;;;;;;;2*+4/p-8. The number of hydrogen-bond donors (Lipinski definition) is 0. The molecule has 0 bridgehead atoms. The van der Waals surface area contributed by atoms with Crippen LogP contribution in [0.25, 0.3) is 0 Å². The average molecular weight is 373 g/mol. The van der Waals surface area contributed by atoms with Crippen LogP contribution in [0.15, 0.2) is 0 Å². The third kappa shape index (κ3) is 390. The third-order valence-corrected chi connectivity index (χ3v) is 0. The maximum atomic E-state index is 0. The summed E-state index contributed by atoms with van der Waals surface area (Å²) >= 11 is 0. The molecule has 0 saturated heterocycles. The van der Waals surface area contributed by atoms with Gasteiger partial charge < -0.3 is 43.8 Å². The van der Waals surface area contributed by atoms with Crippen molar-refractivity contribution in [3.8, 4) is 0 Å². The molecular weight excluding hydrogens is 365 g/mol. The fraction of sp³-hybridized carbons (Fsp3) is 0. The van der Waals surface area contributed by atoms with Crippen LogP contribution in [0.2, 0.25) is 0 Å². The van der Waals surface area contributed by atoms with Gasteiger partial charge in [0.25, 0.3) is 0 Å². The van der Waals surface area contributed by atoms with Gasteiger partial charge in [0, 0.05) is 0 Å². The Bertz CT molecular complexity index is 7.22. The van der Waals surface area contributed by atoms with E-state index in [1.165, 1.54) is 0 Å². The maximum absolute atomic E-state index is 0. The Kier molecular flexibility index (Phi) is 39600. The van der Waals surface area contributed by atoms with Crippen LogP contribution >= 0.6 is 0 Å². The summed E-state index contributed by atoms with van der Waals surface area (Å²) in [6, 6.07) is 0. The molecule has 0 radical (unpaired) electrons. The van der Waals surface area contributed by atoms with Crippen molar-refractivity contribution >= 4 is 47.8 Å². The summed E-state index contributed by atoms with van der Waals surface area (Å²) in [5.74, 6) is 0. The van der Waals surface area contributed by atoms with E-state index < -0.39 is 0 Å². The Labute approximate surface area is 91.4 Å². The van der Waals surface area contributed by atoms with Crippen molar-refractivity contribution < 1.29 is 43.8 Å². The van der Waals surface area contributed by atoms with E-state index in [0.29, 0.717) is 0 Å².